The molecular formula is C14H12ClF3N2O. The molecule has 0 amide bonds. The lowest BCUT2D eigenvalue weighted by Crippen LogP contribution is -2.13. The fourth-order valence-corrected chi connectivity index (χ4v) is 1.81. The second kappa shape index (κ2) is 6.67. The van der Waals surface area contributed by atoms with E-state index in [4.69, 9.17) is 16.3 Å². The van der Waals surface area contributed by atoms with E-state index in [1.54, 1.807) is 0 Å². The summed E-state index contributed by atoms with van der Waals surface area (Å²) < 4.78 is 42.8. The number of aromatic nitrogens is 1. The summed E-state index contributed by atoms with van der Waals surface area (Å²) in [4.78, 5) is 3.67. The second-order valence-corrected chi connectivity index (χ2v) is 4.55. The van der Waals surface area contributed by atoms with Gasteiger partial charge in [-0.25, -0.2) is 4.98 Å². The number of benzene rings is 1. The first-order valence-electron chi connectivity index (χ1n) is 6.11. The van der Waals surface area contributed by atoms with E-state index in [1.165, 1.54) is 0 Å². The molecule has 0 unspecified atom stereocenters. The summed E-state index contributed by atoms with van der Waals surface area (Å²) in [6.07, 6.45) is -3.71. The number of rotatable bonds is 5. The molecule has 1 heterocycles. The summed E-state index contributed by atoms with van der Waals surface area (Å²) in [6.45, 7) is 0.704. The van der Waals surface area contributed by atoms with Crippen molar-refractivity contribution in [1.29, 1.82) is 0 Å². The lowest BCUT2D eigenvalue weighted by atomic mass is 10.3. The van der Waals surface area contributed by atoms with Crippen LogP contribution < -0.4 is 10.1 Å². The molecule has 0 aliphatic heterocycles. The minimum atomic E-state index is -4.45. The topological polar surface area (TPSA) is 34.2 Å². The van der Waals surface area contributed by atoms with Crippen LogP contribution in [0.25, 0.3) is 0 Å². The van der Waals surface area contributed by atoms with Gasteiger partial charge in [0.1, 0.15) is 18.2 Å². The number of pyridine rings is 1. The normalized spacial score (nSPS) is 11.2. The molecule has 2 rings (SSSR count). The summed E-state index contributed by atoms with van der Waals surface area (Å²) in [5.74, 6) is 0.909. The average Bonchev–Trinajstić information content (AvgIpc) is 2.45. The quantitative estimate of drug-likeness (QED) is 0.838. The van der Waals surface area contributed by atoms with E-state index in [0.717, 1.165) is 12.3 Å². The van der Waals surface area contributed by atoms with Crippen molar-refractivity contribution in [2.45, 2.75) is 6.18 Å². The average molecular weight is 317 g/mol. The van der Waals surface area contributed by atoms with E-state index in [9.17, 15) is 13.2 Å². The van der Waals surface area contributed by atoms with Crippen LogP contribution in [0.1, 0.15) is 5.56 Å². The van der Waals surface area contributed by atoms with Crippen molar-refractivity contribution < 1.29 is 17.9 Å². The lowest BCUT2D eigenvalue weighted by Gasteiger charge is -2.11. The van der Waals surface area contributed by atoms with Crippen LogP contribution in [-0.4, -0.2) is 18.1 Å². The Morgan fingerprint density at radius 3 is 2.52 bits per heavy atom. The summed E-state index contributed by atoms with van der Waals surface area (Å²) in [5.41, 5.74) is -0.876. The predicted molar refractivity (Wildman–Crippen MR) is 74.7 cm³/mol. The maximum Gasteiger partial charge on any atom is 0.417 e. The highest BCUT2D eigenvalue weighted by atomic mass is 35.5. The molecule has 112 valence electrons. The molecule has 0 radical (unpaired) electrons. The van der Waals surface area contributed by atoms with Crippen LogP contribution >= 0.6 is 11.6 Å². The Bertz CT molecular complexity index is 591. The molecule has 21 heavy (non-hydrogen) atoms. The number of hydrogen-bond acceptors (Lipinski definition) is 3. The first kappa shape index (κ1) is 15.4. The van der Waals surface area contributed by atoms with E-state index >= 15 is 0 Å². The molecule has 0 bridgehead atoms. The van der Waals surface area contributed by atoms with E-state index in [-0.39, 0.29) is 10.8 Å². The maximum atomic E-state index is 12.5. The van der Waals surface area contributed by atoms with Crippen molar-refractivity contribution in [3.63, 3.8) is 0 Å². The largest absolute Gasteiger partial charge is 0.492 e. The summed E-state index contributed by atoms with van der Waals surface area (Å²) >= 11 is 5.77. The Morgan fingerprint density at radius 2 is 1.90 bits per heavy atom. The number of nitrogens with zero attached hydrogens (tertiary/aromatic N) is 1. The van der Waals surface area contributed by atoms with Gasteiger partial charge in [0.2, 0.25) is 0 Å². The van der Waals surface area contributed by atoms with Gasteiger partial charge in [0.15, 0.2) is 0 Å². The zero-order valence-corrected chi connectivity index (χ0v) is 11.6. The number of hydrogen-bond donors (Lipinski definition) is 1. The van der Waals surface area contributed by atoms with Gasteiger partial charge < -0.3 is 10.1 Å². The fourth-order valence-electron chi connectivity index (χ4n) is 1.58. The Balaban J connectivity index is 1.86. The van der Waals surface area contributed by atoms with E-state index in [0.29, 0.717) is 18.9 Å². The molecule has 0 saturated heterocycles. The summed E-state index contributed by atoms with van der Waals surface area (Å²) in [5, 5.41) is 2.75. The predicted octanol–water partition coefficient (Wildman–Crippen LogP) is 4.24. The highest BCUT2D eigenvalue weighted by Crippen LogP contribution is 2.32. The van der Waals surface area contributed by atoms with Crippen molar-refractivity contribution in [1.82, 2.24) is 4.98 Å². The van der Waals surface area contributed by atoms with Gasteiger partial charge in [-0.05, 0) is 18.2 Å². The van der Waals surface area contributed by atoms with Crippen molar-refractivity contribution in [2.24, 2.45) is 0 Å². The molecule has 0 saturated carbocycles. The zero-order chi connectivity index (χ0) is 15.3. The van der Waals surface area contributed by atoms with Crippen LogP contribution in [0.2, 0.25) is 5.02 Å². The van der Waals surface area contributed by atoms with Crippen LogP contribution in [0.15, 0.2) is 42.6 Å². The lowest BCUT2D eigenvalue weighted by molar-refractivity contribution is -0.137. The van der Waals surface area contributed by atoms with E-state index in [2.05, 4.69) is 10.3 Å². The Hall–Kier alpha value is -1.95. The first-order valence-corrected chi connectivity index (χ1v) is 6.49. The minimum Gasteiger partial charge on any atom is -0.492 e. The molecule has 7 heteroatoms. The zero-order valence-electron chi connectivity index (χ0n) is 10.8. The van der Waals surface area contributed by atoms with Gasteiger partial charge in [0, 0.05) is 6.20 Å². The second-order valence-electron chi connectivity index (χ2n) is 4.14. The van der Waals surface area contributed by atoms with Crippen molar-refractivity contribution >= 4 is 17.4 Å². The molecule has 0 aliphatic carbocycles. The third-order valence-corrected chi connectivity index (χ3v) is 2.86. The van der Waals surface area contributed by atoms with Gasteiger partial charge in [0.25, 0.3) is 0 Å². The molecule has 0 atom stereocenters. The van der Waals surface area contributed by atoms with Crippen molar-refractivity contribution in [2.75, 3.05) is 18.5 Å². The number of alkyl halides is 3. The number of ether oxygens (including phenoxy) is 1. The Morgan fingerprint density at radius 1 is 1.19 bits per heavy atom. The highest BCUT2D eigenvalue weighted by molar-refractivity contribution is 6.32. The first-order chi connectivity index (χ1) is 9.97. The van der Waals surface area contributed by atoms with Crippen LogP contribution in [0, 0.1) is 0 Å². The number of halogens is 4. The molecular weight excluding hydrogens is 305 g/mol. The SMILES string of the molecule is FC(F)(F)c1cnc(NCCOc2ccccc2)c(Cl)c1. The molecule has 0 spiro atoms. The van der Waals surface area contributed by atoms with Gasteiger partial charge >= 0.3 is 6.18 Å². The summed E-state index contributed by atoms with van der Waals surface area (Å²) in [6, 6.07) is 10.0. The van der Waals surface area contributed by atoms with Crippen LogP contribution in [0.4, 0.5) is 19.0 Å². The van der Waals surface area contributed by atoms with Crippen LogP contribution in [0.5, 0.6) is 5.75 Å². The van der Waals surface area contributed by atoms with E-state index < -0.39 is 11.7 Å². The standard InChI is InChI=1S/C14H12ClF3N2O/c15-12-8-10(14(16,17)18)9-20-13(12)19-6-7-21-11-4-2-1-3-5-11/h1-5,8-9H,6-7H2,(H,19,20). The number of para-hydroxylation sites is 1. The van der Waals surface area contributed by atoms with Gasteiger partial charge in [-0.3, -0.25) is 0 Å². The van der Waals surface area contributed by atoms with E-state index in [1.807, 2.05) is 30.3 Å². The van der Waals surface area contributed by atoms with Gasteiger partial charge in [-0.1, -0.05) is 29.8 Å². The molecule has 0 fully saturated rings. The molecule has 1 N–H and O–H groups in total. The Labute approximate surface area is 124 Å². The minimum absolute atomic E-state index is 0.0791. The summed E-state index contributed by atoms with van der Waals surface area (Å²) in [7, 11) is 0. The third kappa shape index (κ3) is 4.53. The molecule has 1 aromatic carbocycles. The molecule has 3 nitrogen and oxygen atoms in total. The highest BCUT2D eigenvalue weighted by Gasteiger charge is 2.31. The third-order valence-electron chi connectivity index (χ3n) is 2.57. The van der Waals surface area contributed by atoms with Gasteiger partial charge in [-0.2, -0.15) is 13.2 Å². The fraction of sp³-hybridized carbons (Fsp3) is 0.214. The van der Waals surface area contributed by atoms with Crippen molar-refractivity contribution in [3.05, 3.63) is 53.2 Å². The monoisotopic (exact) mass is 316 g/mol. The smallest absolute Gasteiger partial charge is 0.417 e. The molecule has 1 aromatic heterocycles. The number of nitrogens with one attached hydrogen (secondary N) is 1. The van der Waals surface area contributed by atoms with Crippen LogP contribution in [0.3, 0.4) is 0 Å². The maximum absolute atomic E-state index is 12.5. The number of anilines is 1. The molecule has 0 aliphatic rings. The van der Waals surface area contributed by atoms with Crippen LogP contribution in [-0.2, 0) is 6.18 Å². The van der Waals surface area contributed by atoms with Gasteiger partial charge in [0.05, 0.1) is 17.1 Å². The van der Waals surface area contributed by atoms with Crippen molar-refractivity contribution in [3.8, 4) is 5.75 Å². The molecule has 2 aromatic rings. The Kier molecular flexibility index (Phi) is 4.90. The van der Waals surface area contributed by atoms with Gasteiger partial charge in [-0.15, -0.1) is 0 Å².